The summed E-state index contributed by atoms with van der Waals surface area (Å²) in [5.41, 5.74) is 6.71. The van der Waals surface area contributed by atoms with Gasteiger partial charge < -0.3 is 5.73 Å². The fourth-order valence-corrected chi connectivity index (χ4v) is 0.953. The Bertz CT molecular complexity index is 255. The van der Waals surface area contributed by atoms with Gasteiger partial charge in [0.25, 0.3) is 0 Å². The summed E-state index contributed by atoms with van der Waals surface area (Å²) in [5, 5.41) is 4.22. The Morgan fingerprint density at radius 3 is 2.33 bits per heavy atom. The van der Waals surface area contributed by atoms with Crippen molar-refractivity contribution in [3.8, 4) is 0 Å². The van der Waals surface area contributed by atoms with Crippen molar-refractivity contribution < 1.29 is 0 Å². The van der Waals surface area contributed by atoms with Crippen LogP contribution in [0, 0.1) is 0 Å². The maximum absolute atomic E-state index is 5.92. The molecule has 0 spiro atoms. The molecule has 3 heteroatoms. The molecule has 0 bridgehead atoms. The predicted molar refractivity (Wildman–Crippen MR) is 49.8 cm³/mol. The average Bonchev–Trinajstić information content (AvgIpc) is 2.30. The minimum Gasteiger partial charge on any atom is -0.322 e. The average molecular weight is 167 g/mol. The highest BCUT2D eigenvalue weighted by Gasteiger charge is 2.16. The van der Waals surface area contributed by atoms with Crippen LogP contribution >= 0.6 is 0 Å². The number of nitrogens with zero attached hydrogens (tertiary/aromatic N) is 2. The molecule has 68 valence electrons. The van der Waals surface area contributed by atoms with Crippen LogP contribution in [0.15, 0.2) is 12.4 Å². The van der Waals surface area contributed by atoms with Crippen molar-refractivity contribution >= 4 is 0 Å². The van der Waals surface area contributed by atoms with Crippen LogP contribution in [-0.4, -0.2) is 9.78 Å². The number of nitrogens with two attached hydrogens (primary N) is 1. The van der Waals surface area contributed by atoms with Crippen molar-refractivity contribution in [3.05, 3.63) is 18.0 Å². The van der Waals surface area contributed by atoms with Gasteiger partial charge in [0.2, 0.25) is 0 Å². The van der Waals surface area contributed by atoms with Crippen LogP contribution in [0.4, 0.5) is 0 Å². The summed E-state index contributed by atoms with van der Waals surface area (Å²) in [7, 11) is 0. The number of hydrogen-bond donors (Lipinski definition) is 1. The van der Waals surface area contributed by atoms with Gasteiger partial charge in [-0.1, -0.05) is 0 Å². The molecule has 0 unspecified atom stereocenters. The van der Waals surface area contributed by atoms with E-state index in [1.807, 2.05) is 30.9 Å². The SMILES string of the molecule is CC(C)n1cc(C(C)(C)N)cn1. The van der Waals surface area contributed by atoms with E-state index in [-0.39, 0.29) is 5.54 Å². The lowest BCUT2D eigenvalue weighted by Crippen LogP contribution is -2.28. The van der Waals surface area contributed by atoms with Gasteiger partial charge in [-0.05, 0) is 27.7 Å². The second-order valence-corrected chi connectivity index (χ2v) is 4.02. The van der Waals surface area contributed by atoms with E-state index in [9.17, 15) is 0 Å². The normalized spacial score (nSPS) is 12.5. The van der Waals surface area contributed by atoms with E-state index < -0.39 is 0 Å². The third-order valence-corrected chi connectivity index (χ3v) is 1.87. The predicted octanol–water partition coefficient (Wildman–Crippen LogP) is 1.66. The van der Waals surface area contributed by atoms with E-state index in [1.165, 1.54) is 0 Å². The van der Waals surface area contributed by atoms with Crippen LogP contribution < -0.4 is 5.73 Å². The summed E-state index contributed by atoms with van der Waals surface area (Å²) in [6.45, 7) is 8.16. The molecule has 0 amide bonds. The highest BCUT2D eigenvalue weighted by Crippen LogP contribution is 2.16. The zero-order valence-electron chi connectivity index (χ0n) is 8.20. The molecule has 0 aromatic carbocycles. The van der Waals surface area contributed by atoms with Crippen molar-refractivity contribution in [1.82, 2.24) is 9.78 Å². The van der Waals surface area contributed by atoms with Gasteiger partial charge in [-0.2, -0.15) is 5.10 Å². The molecule has 0 saturated carbocycles. The third-order valence-electron chi connectivity index (χ3n) is 1.87. The second kappa shape index (κ2) is 2.90. The summed E-state index contributed by atoms with van der Waals surface area (Å²) in [6, 6.07) is 0.404. The maximum Gasteiger partial charge on any atom is 0.0540 e. The van der Waals surface area contributed by atoms with E-state index in [1.54, 1.807) is 0 Å². The number of rotatable bonds is 2. The molecule has 0 fully saturated rings. The lowest BCUT2D eigenvalue weighted by Gasteiger charge is -2.15. The highest BCUT2D eigenvalue weighted by molar-refractivity contribution is 5.14. The quantitative estimate of drug-likeness (QED) is 0.728. The molecule has 0 atom stereocenters. The van der Waals surface area contributed by atoms with Gasteiger partial charge in [0.15, 0.2) is 0 Å². The molecular formula is C9H17N3. The van der Waals surface area contributed by atoms with E-state index in [0.717, 1.165) is 5.56 Å². The Labute approximate surface area is 73.6 Å². The van der Waals surface area contributed by atoms with E-state index in [2.05, 4.69) is 18.9 Å². The fraction of sp³-hybridized carbons (Fsp3) is 0.667. The smallest absolute Gasteiger partial charge is 0.0540 e. The molecule has 1 heterocycles. The van der Waals surface area contributed by atoms with Crippen molar-refractivity contribution in [2.24, 2.45) is 5.73 Å². The zero-order valence-corrected chi connectivity index (χ0v) is 8.20. The molecule has 3 nitrogen and oxygen atoms in total. The molecule has 1 aromatic heterocycles. The molecule has 0 saturated heterocycles. The standard InChI is InChI=1S/C9H17N3/c1-7(2)12-6-8(5-11-12)9(3,4)10/h5-7H,10H2,1-4H3. The molecule has 2 N–H and O–H groups in total. The van der Waals surface area contributed by atoms with Crippen LogP contribution in [0.1, 0.15) is 39.3 Å². The number of hydrogen-bond acceptors (Lipinski definition) is 2. The number of aromatic nitrogens is 2. The summed E-state index contributed by atoms with van der Waals surface area (Å²) in [5.74, 6) is 0. The van der Waals surface area contributed by atoms with Crippen molar-refractivity contribution in [2.75, 3.05) is 0 Å². The zero-order chi connectivity index (χ0) is 9.35. The Kier molecular flexibility index (Phi) is 2.24. The Morgan fingerprint density at radius 2 is 2.08 bits per heavy atom. The summed E-state index contributed by atoms with van der Waals surface area (Å²) in [6.07, 6.45) is 3.84. The highest BCUT2D eigenvalue weighted by atomic mass is 15.3. The van der Waals surface area contributed by atoms with Crippen molar-refractivity contribution in [1.29, 1.82) is 0 Å². The maximum atomic E-state index is 5.92. The van der Waals surface area contributed by atoms with Crippen LogP contribution in [0.5, 0.6) is 0 Å². The van der Waals surface area contributed by atoms with Crippen molar-refractivity contribution in [3.63, 3.8) is 0 Å². The first-order valence-electron chi connectivity index (χ1n) is 4.25. The molecular weight excluding hydrogens is 150 g/mol. The van der Waals surface area contributed by atoms with E-state index in [0.29, 0.717) is 6.04 Å². The van der Waals surface area contributed by atoms with Gasteiger partial charge in [-0.25, -0.2) is 0 Å². The first-order valence-corrected chi connectivity index (χ1v) is 4.25. The monoisotopic (exact) mass is 167 g/mol. The minimum atomic E-state index is -0.285. The van der Waals surface area contributed by atoms with Crippen LogP contribution in [0.2, 0.25) is 0 Å². The van der Waals surface area contributed by atoms with Gasteiger partial charge in [-0.3, -0.25) is 4.68 Å². The molecule has 0 radical (unpaired) electrons. The van der Waals surface area contributed by atoms with Gasteiger partial charge in [0.1, 0.15) is 0 Å². The lowest BCUT2D eigenvalue weighted by atomic mass is 10.00. The minimum absolute atomic E-state index is 0.285. The van der Waals surface area contributed by atoms with E-state index >= 15 is 0 Å². The molecule has 1 aromatic rings. The van der Waals surface area contributed by atoms with E-state index in [4.69, 9.17) is 5.73 Å². The van der Waals surface area contributed by atoms with Gasteiger partial charge >= 0.3 is 0 Å². The van der Waals surface area contributed by atoms with Gasteiger partial charge in [0.05, 0.1) is 6.20 Å². The lowest BCUT2D eigenvalue weighted by molar-refractivity contribution is 0.523. The third kappa shape index (κ3) is 1.85. The first-order chi connectivity index (χ1) is 5.41. The van der Waals surface area contributed by atoms with Crippen LogP contribution in [0.3, 0.4) is 0 Å². The van der Waals surface area contributed by atoms with Crippen LogP contribution in [0.25, 0.3) is 0 Å². The molecule has 0 aliphatic carbocycles. The van der Waals surface area contributed by atoms with Crippen molar-refractivity contribution in [2.45, 2.75) is 39.3 Å². The summed E-state index contributed by atoms with van der Waals surface area (Å²) >= 11 is 0. The molecule has 0 aliphatic heterocycles. The van der Waals surface area contributed by atoms with Gasteiger partial charge in [-0.15, -0.1) is 0 Å². The summed E-state index contributed by atoms with van der Waals surface area (Å²) < 4.78 is 1.92. The van der Waals surface area contributed by atoms with Gasteiger partial charge in [0, 0.05) is 23.3 Å². The molecule has 0 aliphatic rings. The first kappa shape index (κ1) is 9.26. The second-order valence-electron chi connectivity index (χ2n) is 4.02. The molecule has 12 heavy (non-hydrogen) atoms. The summed E-state index contributed by atoms with van der Waals surface area (Å²) in [4.78, 5) is 0. The Balaban J connectivity index is 2.92. The largest absolute Gasteiger partial charge is 0.322 e. The fourth-order valence-electron chi connectivity index (χ4n) is 0.953. The van der Waals surface area contributed by atoms with Crippen LogP contribution in [-0.2, 0) is 5.54 Å². The Morgan fingerprint density at radius 1 is 1.50 bits per heavy atom. The topological polar surface area (TPSA) is 43.8 Å². The molecule has 1 rings (SSSR count). The Hall–Kier alpha value is -0.830.